The Kier molecular flexibility index (Phi) is 6.06. The number of oxazole rings is 1. The van der Waals surface area contributed by atoms with Gasteiger partial charge in [0.05, 0.1) is 5.75 Å². The average molecular weight is 411 g/mol. The van der Waals surface area contributed by atoms with Crippen LogP contribution in [0, 0.1) is 6.92 Å². The van der Waals surface area contributed by atoms with E-state index in [1.165, 1.54) is 17.4 Å². The van der Waals surface area contributed by atoms with Gasteiger partial charge in [-0.3, -0.25) is 4.79 Å². The van der Waals surface area contributed by atoms with E-state index in [0.717, 1.165) is 55.1 Å². The summed E-state index contributed by atoms with van der Waals surface area (Å²) in [5.74, 6) is 0.192. The highest BCUT2D eigenvalue weighted by molar-refractivity contribution is 7.99. The molecule has 1 N–H and O–H groups in total. The molecule has 3 aromatic rings. The van der Waals surface area contributed by atoms with E-state index in [-0.39, 0.29) is 11.7 Å². The molecule has 1 saturated heterocycles. The zero-order valence-corrected chi connectivity index (χ0v) is 17.7. The van der Waals surface area contributed by atoms with Gasteiger partial charge in [-0.2, -0.15) is 0 Å². The standard InChI is InChI=1S/C22H26N4O2S/c1-3-25-10-12-26(13-11-25)17-8-9-18(16(2)14-17)23-21(27)15-29-22-24-19-6-4-5-7-20(19)28-22/h4-9,14H,3,10-13,15H2,1-2H3,(H,23,27). The molecule has 2 aromatic carbocycles. The number of aromatic nitrogens is 1. The van der Waals surface area contributed by atoms with E-state index in [0.29, 0.717) is 5.22 Å². The lowest BCUT2D eigenvalue weighted by Crippen LogP contribution is -2.46. The van der Waals surface area contributed by atoms with Crippen LogP contribution in [0.2, 0.25) is 0 Å². The van der Waals surface area contributed by atoms with Gasteiger partial charge >= 0.3 is 0 Å². The fraction of sp³-hybridized carbons (Fsp3) is 0.364. The molecule has 1 aliphatic rings. The Balaban J connectivity index is 1.33. The highest BCUT2D eigenvalue weighted by atomic mass is 32.2. The SMILES string of the molecule is CCN1CCN(c2ccc(NC(=O)CSc3nc4ccccc4o3)c(C)c2)CC1. The summed E-state index contributed by atoms with van der Waals surface area (Å²) in [6.07, 6.45) is 0. The van der Waals surface area contributed by atoms with E-state index in [1.54, 1.807) is 0 Å². The summed E-state index contributed by atoms with van der Waals surface area (Å²) in [5.41, 5.74) is 4.69. The monoisotopic (exact) mass is 410 g/mol. The van der Waals surface area contributed by atoms with Crippen molar-refractivity contribution < 1.29 is 9.21 Å². The maximum Gasteiger partial charge on any atom is 0.257 e. The van der Waals surface area contributed by atoms with E-state index >= 15 is 0 Å². The maximum absolute atomic E-state index is 12.4. The number of anilines is 2. The van der Waals surface area contributed by atoms with Crippen LogP contribution in [0.3, 0.4) is 0 Å². The number of amides is 1. The third-order valence-corrected chi connectivity index (χ3v) is 6.10. The molecule has 0 unspecified atom stereocenters. The van der Waals surface area contributed by atoms with Crippen LogP contribution in [0.1, 0.15) is 12.5 Å². The van der Waals surface area contributed by atoms with Gasteiger partial charge in [-0.05, 0) is 49.4 Å². The number of likely N-dealkylation sites (N-methyl/N-ethyl adjacent to an activating group) is 1. The summed E-state index contributed by atoms with van der Waals surface area (Å²) in [4.78, 5) is 21.7. The molecule has 2 heterocycles. The van der Waals surface area contributed by atoms with Gasteiger partial charge in [-0.15, -0.1) is 0 Å². The second-order valence-corrected chi connectivity index (χ2v) is 8.13. The summed E-state index contributed by atoms with van der Waals surface area (Å²) in [6.45, 7) is 9.64. The minimum atomic E-state index is -0.0651. The molecule has 6 nitrogen and oxygen atoms in total. The van der Waals surface area contributed by atoms with Gasteiger partial charge in [0, 0.05) is 37.6 Å². The second-order valence-electron chi connectivity index (χ2n) is 7.20. The number of benzene rings is 2. The van der Waals surface area contributed by atoms with Crippen LogP contribution in [-0.4, -0.2) is 54.3 Å². The van der Waals surface area contributed by atoms with Crippen molar-refractivity contribution >= 4 is 40.1 Å². The molecule has 0 atom stereocenters. The van der Waals surface area contributed by atoms with Crippen LogP contribution < -0.4 is 10.2 Å². The Morgan fingerprint density at radius 3 is 2.69 bits per heavy atom. The zero-order chi connectivity index (χ0) is 20.2. The Morgan fingerprint density at radius 2 is 1.97 bits per heavy atom. The smallest absolute Gasteiger partial charge is 0.257 e. The van der Waals surface area contributed by atoms with Crippen LogP contribution in [-0.2, 0) is 4.79 Å². The molecule has 0 bridgehead atoms. The van der Waals surface area contributed by atoms with Crippen molar-refractivity contribution in [3.63, 3.8) is 0 Å². The first-order chi connectivity index (χ1) is 14.1. The molecule has 1 fully saturated rings. The molecule has 29 heavy (non-hydrogen) atoms. The third-order valence-electron chi connectivity index (χ3n) is 5.27. The van der Waals surface area contributed by atoms with Crippen LogP contribution in [0.5, 0.6) is 0 Å². The Labute approximate surface area is 175 Å². The normalized spacial score (nSPS) is 15.0. The number of nitrogens with one attached hydrogen (secondary N) is 1. The molecule has 1 amide bonds. The molecule has 0 spiro atoms. The number of hydrogen-bond acceptors (Lipinski definition) is 6. The van der Waals surface area contributed by atoms with Gasteiger partial charge in [0.25, 0.3) is 5.22 Å². The molecular weight excluding hydrogens is 384 g/mol. The van der Waals surface area contributed by atoms with E-state index in [4.69, 9.17) is 4.42 Å². The average Bonchev–Trinajstić information content (AvgIpc) is 3.17. The number of carbonyl (C=O) groups is 1. The minimum absolute atomic E-state index is 0.0651. The van der Waals surface area contributed by atoms with Crippen molar-refractivity contribution in [3.8, 4) is 0 Å². The molecule has 4 rings (SSSR count). The third kappa shape index (κ3) is 4.74. The number of piperazine rings is 1. The molecule has 0 radical (unpaired) electrons. The van der Waals surface area contributed by atoms with Crippen LogP contribution in [0.25, 0.3) is 11.1 Å². The van der Waals surface area contributed by atoms with E-state index in [2.05, 4.69) is 39.2 Å². The van der Waals surface area contributed by atoms with E-state index in [9.17, 15) is 4.79 Å². The van der Waals surface area contributed by atoms with Gasteiger partial charge in [0.15, 0.2) is 5.58 Å². The lowest BCUT2D eigenvalue weighted by atomic mass is 10.1. The Bertz CT molecular complexity index is 962. The highest BCUT2D eigenvalue weighted by Gasteiger charge is 2.17. The number of hydrogen-bond donors (Lipinski definition) is 1. The van der Waals surface area contributed by atoms with Crippen molar-refractivity contribution in [1.29, 1.82) is 0 Å². The maximum atomic E-state index is 12.4. The lowest BCUT2D eigenvalue weighted by molar-refractivity contribution is -0.113. The summed E-state index contributed by atoms with van der Waals surface area (Å²) in [7, 11) is 0. The molecule has 0 aliphatic carbocycles. The quantitative estimate of drug-likeness (QED) is 0.620. The zero-order valence-electron chi connectivity index (χ0n) is 16.9. The number of aryl methyl sites for hydroxylation is 1. The molecule has 1 aromatic heterocycles. The number of fused-ring (bicyclic) bond motifs is 1. The number of rotatable bonds is 6. The first-order valence-corrected chi connectivity index (χ1v) is 11.0. The highest BCUT2D eigenvalue weighted by Crippen LogP contribution is 2.26. The number of nitrogens with zero attached hydrogens (tertiary/aromatic N) is 3. The molecule has 1 aliphatic heterocycles. The molecule has 7 heteroatoms. The van der Waals surface area contributed by atoms with Crippen molar-refractivity contribution in [3.05, 3.63) is 48.0 Å². The fourth-order valence-corrected chi connectivity index (χ4v) is 4.17. The Hall–Kier alpha value is -2.51. The van der Waals surface area contributed by atoms with Gasteiger partial charge in [-0.1, -0.05) is 30.8 Å². The van der Waals surface area contributed by atoms with E-state index < -0.39 is 0 Å². The van der Waals surface area contributed by atoms with Crippen molar-refractivity contribution in [2.45, 2.75) is 19.1 Å². The predicted molar refractivity (Wildman–Crippen MR) is 119 cm³/mol. The van der Waals surface area contributed by atoms with Crippen molar-refractivity contribution in [1.82, 2.24) is 9.88 Å². The van der Waals surface area contributed by atoms with Gasteiger partial charge in [-0.25, -0.2) is 4.98 Å². The van der Waals surface area contributed by atoms with Crippen molar-refractivity contribution in [2.75, 3.05) is 48.7 Å². The molecule has 0 saturated carbocycles. The van der Waals surface area contributed by atoms with Crippen LogP contribution >= 0.6 is 11.8 Å². The topological polar surface area (TPSA) is 61.6 Å². The summed E-state index contributed by atoms with van der Waals surface area (Å²) >= 11 is 1.30. The summed E-state index contributed by atoms with van der Waals surface area (Å²) in [6, 6.07) is 13.9. The molecular formula is C22H26N4O2S. The van der Waals surface area contributed by atoms with Gasteiger partial charge in [0.1, 0.15) is 5.52 Å². The number of thioether (sulfide) groups is 1. The van der Waals surface area contributed by atoms with Crippen molar-refractivity contribution in [2.24, 2.45) is 0 Å². The van der Waals surface area contributed by atoms with Crippen LogP contribution in [0.4, 0.5) is 11.4 Å². The van der Waals surface area contributed by atoms with E-state index in [1.807, 2.05) is 37.3 Å². The number of carbonyl (C=O) groups excluding carboxylic acids is 1. The molecule has 152 valence electrons. The minimum Gasteiger partial charge on any atom is -0.431 e. The largest absolute Gasteiger partial charge is 0.431 e. The fourth-order valence-electron chi connectivity index (χ4n) is 3.53. The first kappa shape index (κ1) is 19.8. The first-order valence-electron chi connectivity index (χ1n) is 9.98. The predicted octanol–water partition coefficient (Wildman–Crippen LogP) is 4.01. The Morgan fingerprint density at radius 1 is 1.17 bits per heavy atom. The van der Waals surface area contributed by atoms with Gasteiger partial charge < -0.3 is 19.5 Å². The number of para-hydroxylation sites is 2. The van der Waals surface area contributed by atoms with Crippen LogP contribution in [0.15, 0.2) is 52.1 Å². The lowest BCUT2D eigenvalue weighted by Gasteiger charge is -2.35. The van der Waals surface area contributed by atoms with Gasteiger partial charge in [0.2, 0.25) is 5.91 Å². The summed E-state index contributed by atoms with van der Waals surface area (Å²) in [5, 5.41) is 3.52. The summed E-state index contributed by atoms with van der Waals surface area (Å²) < 4.78 is 5.65. The second kappa shape index (κ2) is 8.88.